The van der Waals surface area contributed by atoms with Crippen molar-refractivity contribution in [3.8, 4) is 0 Å². The van der Waals surface area contributed by atoms with Crippen LogP contribution in [0.4, 0.5) is 0 Å². The summed E-state index contributed by atoms with van der Waals surface area (Å²) in [5, 5.41) is 10.7. The summed E-state index contributed by atoms with van der Waals surface area (Å²) in [5.41, 5.74) is 3.60. The van der Waals surface area contributed by atoms with Crippen molar-refractivity contribution in [2.45, 2.75) is 39.2 Å². The summed E-state index contributed by atoms with van der Waals surface area (Å²) < 4.78 is 5.63. The highest BCUT2D eigenvalue weighted by Crippen LogP contribution is 2.45. The maximum atomic E-state index is 12.4. The van der Waals surface area contributed by atoms with E-state index < -0.39 is 5.60 Å². The van der Waals surface area contributed by atoms with E-state index in [1.807, 2.05) is 44.7 Å². The number of aliphatic hydroxyl groups excluding tert-OH is 1. The van der Waals surface area contributed by atoms with E-state index in [-0.39, 0.29) is 11.7 Å². The Morgan fingerprint density at radius 3 is 2.29 bits per heavy atom. The van der Waals surface area contributed by atoms with E-state index in [9.17, 15) is 9.90 Å². The highest BCUT2D eigenvalue weighted by Gasteiger charge is 2.49. The lowest BCUT2D eigenvalue weighted by molar-refractivity contribution is -0.147. The number of thioether (sulfide) groups is 1. The van der Waals surface area contributed by atoms with Gasteiger partial charge in [-0.05, 0) is 49.0 Å². The third-order valence-corrected chi connectivity index (χ3v) is 5.37. The first-order valence-electron chi connectivity index (χ1n) is 7.28. The molecule has 0 atom stereocenters. The number of benzene rings is 1. The van der Waals surface area contributed by atoms with Gasteiger partial charge in [-0.2, -0.15) is 11.8 Å². The molecule has 1 aromatic rings. The van der Waals surface area contributed by atoms with E-state index in [1.54, 1.807) is 0 Å². The quantitative estimate of drug-likeness (QED) is 0.804. The molecule has 1 fully saturated rings. The Bertz CT molecular complexity index is 616. The standard InChI is InChI=1S/C17H20O3S/c1-10-8-11(2)13(12(3)9-10)14-15(18)17(20-16(14)19)4-6-21-7-5-17/h8-9,18H,4-7H2,1-3H3. The smallest absolute Gasteiger partial charge is 0.343 e. The van der Waals surface area contributed by atoms with Gasteiger partial charge in [-0.15, -0.1) is 0 Å². The molecule has 3 nitrogen and oxygen atoms in total. The Balaban J connectivity index is 2.15. The molecule has 1 spiro atoms. The Morgan fingerprint density at radius 2 is 1.71 bits per heavy atom. The zero-order valence-corrected chi connectivity index (χ0v) is 13.5. The summed E-state index contributed by atoms with van der Waals surface area (Å²) in [6, 6.07) is 4.08. The van der Waals surface area contributed by atoms with Gasteiger partial charge in [-0.25, -0.2) is 4.79 Å². The minimum absolute atomic E-state index is 0.142. The van der Waals surface area contributed by atoms with Crippen LogP contribution in [-0.2, 0) is 9.53 Å². The van der Waals surface area contributed by atoms with Gasteiger partial charge in [-0.3, -0.25) is 0 Å². The van der Waals surface area contributed by atoms with Crippen molar-refractivity contribution in [3.05, 3.63) is 40.1 Å². The van der Waals surface area contributed by atoms with Crippen molar-refractivity contribution >= 4 is 23.3 Å². The first-order valence-corrected chi connectivity index (χ1v) is 8.43. The van der Waals surface area contributed by atoms with E-state index in [4.69, 9.17) is 4.74 Å². The molecule has 0 aromatic heterocycles. The Hall–Kier alpha value is -1.42. The highest BCUT2D eigenvalue weighted by atomic mass is 32.2. The zero-order valence-electron chi connectivity index (χ0n) is 12.7. The molecule has 3 rings (SSSR count). The van der Waals surface area contributed by atoms with E-state index in [0.717, 1.165) is 33.8 Å². The van der Waals surface area contributed by atoms with Crippen LogP contribution in [0.3, 0.4) is 0 Å². The van der Waals surface area contributed by atoms with Crippen LogP contribution >= 0.6 is 11.8 Å². The van der Waals surface area contributed by atoms with Crippen LogP contribution in [0.2, 0.25) is 0 Å². The van der Waals surface area contributed by atoms with E-state index in [2.05, 4.69) is 0 Å². The monoisotopic (exact) mass is 304 g/mol. The fourth-order valence-electron chi connectivity index (χ4n) is 3.44. The summed E-state index contributed by atoms with van der Waals surface area (Å²) >= 11 is 1.84. The molecular weight excluding hydrogens is 284 g/mol. The molecule has 0 aliphatic carbocycles. The molecular formula is C17H20O3S. The van der Waals surface area contributed by atoms with Crippen molar-refractivity contribution in [1.82, 2.24) is 0 Å². The van der Waals surface area contributed by atoms with Crippen LogP contribution in [0.1, 0.15) is 35.1 Å². The molecule has 0 amide bonds. The molecule has 2 aliphatic heterocycles. The molecule has 4 heteroatoms. The molecule has 2 aliphatic rings. The second-order valence-electron chi connectivity index (χ2n) is 5.99. The number of hydrogen-bond acceptors (Lipinski definition) is 4. The molecule has 112 valence electrons. The van der Waals surface area contributed by atoms with Crippen molar-refractivity contribution in [2.75, 3.05) is 11.5 Å². The lowest BCUT2D eigenvalue weighted by Crippen LogP contribution is -2.36. The molecule has 0 bridgehead atoms. The molecule has 1 N–H and O–H groups in total. The van der Waals surface area contributed by atoms with Crippen molar-refractivity contribution < 1.29 is 14.6 Å². The van der Waals surface area contributed by atoms with Gasteiger partial charge in [0.1, 0.15) is 5.57 Å². The Kier molecular flexibility index (Phi) is 3.52. The van der Waals surface area contributed by atoms with Crippen LogP contribution in [0.5, 0.6) is 0 Å². The summed E-state index contributed by atoms with van der Waals surface area (Å²) in [6.07, 6.45) is 1.39. The second kappa shape index (κ2) is 5.09. The van der Waals surface area contributed by atoms with Gasteiger partial charge in [0.05, 0.1) is 0 Å². The van der Waals surface area contributed by atoms with Crippen LogP contribution in [0.15, 0.2) is 17.9 Å². The first kappa shape index (κ1) is 14.5. The fourth-order valence-corrected chi connectivity index (χ4v) is 4.59. The predicted octanol–water partition coefficient (Wildman–Crippen LogP) is 3.70. The normalized spacial score (nSPS) is 21.0. The van der Waals surface area contributed by atoms with Gasteiger partial charge in [-0.1, -0.05) is 17.7 Å². The minimum Gasteiger partial charge on any atom is -0.507 e. The number of esters is 1. The van der Waals surface area contributed by atoms with Gasteiger partial charge >= 0.3 is 5.97 Å². The molecule has 2 heterocycles. The summed E-state index contributed by atoms with van der Waals surface area (Å²) in [6.45, 7) is 5.99. The largest absolute Gasteiger partial charge is 0.507 e. The highest BCUT2D eigenvalue weighted by molar-refractivity contribution is 7.99. The zero-order chi connectivity index (χ0) is 15.2. The molecule has 0 unspecified atom stereocenters. The van der Waals surface area contributed by atoms with Crippen LogP contribution < -0.4 is 0 Å². The van der Waals surface area contributed by atoms with E-state index >= 15 is 0 Å². The molecule has 21 heavy (non-hydrogen) atoms. The van der Waals surface area contributed by atoms with Crippen molar-refractivity contribution in [2.24, 2.45) is 0 Å². The number of hydrogen-bond donors (Lipinski definition) is 1. The maximum absolute atomic E-state index is 12.4. The van der Waals surface area contributed by atoms with E-state index in [0.29, 0.717) is 18.4 Å². The Labute approximate surface area is 129 Å². The number of ether oxygens (including phenoxy) is 1. The summed E-state index contributed by atoms with van der Waals surface area (Å²) in [5.74, 6) is 1.59. The van der Waals surface area contributed by atoms with Gasteiger partial charge in [0.2, 0.25) is 0 Å². The third-order valence-electron chi connectivity index (χ3n) is 4.39. The number of aryl methyl sites for hydroxylation is 3. The van der Waals surface area contributed by atoms with Crippen LogP contribution in [-0.4, -0.2) is 28.2 Å². The molecule has 1 saturated heterocycles. The van der Waals surface area contributed by atoms with Crippen molar-refractivity contribution in [3.63, 3.8) is 0 Å². The van der Waals surface area contributed by atoms with Crippen LogP contribution in [0, 0.1) is 20.8 Å². The third kappa shape index (κ3) is 2.26. The van der Waals surface area contributed by atoms with Gasteiger partial charge in [0.25, 0.3) is 0 Å². The van der Waals surface area contributed by atoms with Gasteiger partial charge in [0, 0.05) is 12.8 Å². The SMILES string of the molecule is Cc1cc(C)c(C2=C(O)C3(CCSCC3)OC2=O)c(C)c1. The van der Waals surface area contributed by atoms with Gasteiger partial charge in [0.15, 0.2) is 11.4 Å². The molecule has 0 saturated carbocycles. The van der Waals surface area contributed by atoms with Gasteiger partial charge < -0.3 is 9.84 Å². The molecule has 0 radical (unpaired) electrons. The lowest BCUT2D eigenvalue weighted by atomic mass is 9.88. The second-order valence-corrected chi connectivity index (χ2v) is 7.22. The number of rotatable bonds is 1. The Morgan fingerprint density at radius 1 is 1.14 bits per heavy atom. The average molecular weight is 304 g/mol. The summed E-state index contributed by atoms with van der Waals surface area (Å²) in [7, 11) is 0. The van der Waals surface area contributed by atoms with E-state index in [1.165, 1.54) is 0 Å². The number of carbonyl (C=O) groups excluding carboxylic acids is 1. The number of carbonyl (C=O) groups is 1. The number of aliphatic hydroxyl groups is 1. The maximum Gasteiger partial charge on any atom is 0.343 e. The lowest BCUT2D eigenvalue weighted by Gasteiger charge is -2.31. The minimum atomic E-state index is -0.776. The van der Waals surface area contributed by atoms with Crippen LogP contribution in [0.25, 0.3) is 5.57 Å². The topological polar surface area (TPSA) is 46.5 Å². The first-order chi connectivity index (χ1) is 9.94. The predicted molar refractivity (Wildman–Crippen MR) is 85.6 cm³/mol. The average Bonchev–Trinajstić information content (AvgIpc) is 2.63. The van der Waals surface area contributed by atoms with Crippen molar-refractivity contribution in [1.29, 1.82) is 0 Å². The molecule has 1 aromatic carbocycles. The fraction of sp³-hybridized carbons (Fsp3) is 0.471. The summed E-state index contributed by atoms with van der Waals surface area (Å²) in [4.78, 5) is 12.4.